The first-order valence-electron chi connectivity index (χ1n) is 10.5. The SMILES string of the molecule is CC(=C[C@H](C(C)C)N(C)C(=O)CNC=O)C(=O)N1CCC[C@H]1C(=O)NC1CCC1. The van der Waals surface area contributed by atoms with Crippen molar-refractivity contribution in [1.29, 1.82) is 0 Å². The van der Waals surface area contributed by atoms with Gasteiger partial charge >= 0.3 is 0 Å². The zero-order valence-electron chi connectivity index (χ0n) is 17.9. The minimum Gasteiger partial charge on any atom is -0.352 e. The van der Waals surface area contributed by atoms with Crippen LogP contribution >= 0.6 is 0 Å². The van der Waals surface area contributed by atoms with E-state index < -0.39 is 6.04 Å². The summed E-state index contributed by atoms with van der Waals surface area (Å²) in [4.78, 5) is 51.6. The highest BCUT2D eigenvalue weighted by atomic mass is 16.2. The highest BCUT2D eigenvalue weighted by Gasteiger charge is 2.36. The molecule has 0 bridgehead atoms. The van der Waals surface area contributed by atoms with Crippen molar-refractivity contribution in [2.24, 2.45) is 5.92 Å². The van der Waals surface area contributed by atoms with E-state index in [-0.39, 0.29) is 42.3 Å². The monoisotopic (exact) mass is 406 g/mol. The third kappa shape index (κ3) is 5.81. The Morgan fingerprint density at radius 3 is 2.41 bits per heavy atom. The Labute approximate surface area is 173 Å². The van der Waals surface area contributed by atoms with Crippen molar-refractivity contribution in [1.82, 2.24) is 20.4 Å². The Morgan fingerprint density at radius 1 is 1.17 bits per heavy atom. The van der Waals surface area contributed by atoms with Crippen molar-refractivity contribution >= 4 is 24.1 Å². The van der Waals surface area contributed by atoms with E-state index in [0.717, 1.165) is 25.7 Å². The smallest absolute Gasteiger partial charge is 0.249 e. The molecule has 0 radical (unpaired) electrons. The predicted molar refractivity (Wildman–Crippen MR) is 110 cm³/mol. The molecule has 2 atom stereocenters. The number of nitrogens with one attached hydrogen (secondary N) is 2. The van der Waals surface area contributed by atoms with Crippen LogP contribution in [0.3, 0.4) is 0 Å². The maximum atomic E-state index is 13.1. The van der Waals surface area contributed by atoms with Gasteiger partial charge in [-0.05, 0) is 44.9 Å². The first-order valence-corrected chi connectivity index (χ1v) is 10.5. The van der Waals surface area contributed by atoms with Crippen molar-refractivity contribution < 1.29 is 19.2 Å². The fourth-order valence-electron chi connectivity index (χ4n) is 3.86. The number of hydrogen-bond donors (Lipinski definition) is 2. The largest absolute Gasteiger partial charge is 0.352 e. The van der Waals surface area contributed by atoms with Gasteiger partial charge < -0.3 is 20.4 Å². The highest BCUT2D eigenvalue weighted by Crippen LogP contribution is 2.23. The summed E-state index contributed by atoms with van der Waals surface area (Å²) >= 11 is 0. The lowest BCUT2D eigenvalue weighted by atomic mass is 9.93. The number of hydrogen-bond acceptors (Lipinski definition) is 4. The quantitative estimate of drug-likeness (QED) is 0.437. The normalized spacial score (nSPS) is 20.8. The van der Waals surface area contributed by atoms with E-state index >= 15 is 0 Å². The van der Waals surface area contributed by atoms with Crippen LogP contribution in [0.1, 0.15) is 52.9 Å². The Hall–Kier alpha value is -2.38. The van der Waals surface area contributed by atoms with Crippen LogP contribution in [0.15, 0.2) is 11.6 Å². The van der Waals surface area contributed by atoms with E-state index in [1.54, 1.807) is 29.8 Å². The molecule has 0 aromatic carbocycles. The van der Waals surface area contributed by atoms with Crippen LogP contribution in [-0.2, 0) is 19.2 Å². The van der Waals surface area contributed by atoms with Crippen molar-refractivity contribution in [2.45, 2.75) is 71.0 Å². The van der Waals surface area contributed by atoms with Gasteiger partial charge in [0.25, 0.3) is 0 Å². The predicted octanol–water partition coefficient (Wildman–Crippen LogP) is 0.821. The lowest BCUT2D eigenvalue weighted by molar-refractivity contribution is -0.136. The number of likely N-dealkylation sites (N-methyl/N-ethyl adjacent to an activating group) is 1. The summed E-state index contributed by atoms with van der Waals surface area (Å²) in [6.45, 7) is 6.16. The number of likely N-dealkylation sites (tertiary alicyclic amines) is 1. The Bertz CT molecular complexity index is 657. The minimum absolute atomic E-state index is 0.0546. The summed E-state index contributed by atoms with van der Waals surface area (Å²) < 4.78 is 0. The van der Waals surface area contributed by atoms with Crippen LogP contribution in [0, 0.1) is 5.92 Å². The van der Waals surface area contributed by atoms with E-state index in [4.69, 9.17) is 0 Å². The number of carbonyl (C=O) groups excluding carboxylic acids is 4. The Balaban J connectivity index is 2.07. The van der Waals surface area contributed by atoms with Gasteiger partial charge in [0.15, 0.2) is 0 Å². The molecule has 29 heavy (non-hydrogen) atoms. The van der Waals surface area contributed by atoms with E-state index in [0.29, 0.717) is 24.9 Å². The van der Waals surface area contributed by atoms with Crippen LogP contribution in [0.2, 0.25) is 0 Å². The van der Waals surface area contributed by atoms with Crippen molar-refractivity contribution in [3.8, 4) is 0 Å². The summed E-state index contributed by atoms with van der Waals surface area (Å²) in [6.07, 6.45) is 6.95. The first kappa shape index (κ1) is 22.9. The van der Waals surface area contributed by atoms with Crippen molar-refractivity contribution in [3.05, 3.63) is 11.6 Å². The zero-order chi connectivity index (χ0) is 21.6. The molecule has 1 heterocycles. The van der Waals surface area contributed by atoms with Crippen molar-refractivity contribution in [2.75, 3.05) is 20.1 Å². The van der Waals surface area contributed by atoms with Gasteiger partial charge in [-0.25, -0.2) is 0 Å². The molecule has 2 rings (SSSR count). The third-order valence-electron chi connectivity index (χ3n) is 5.89. The number of nitrogens with zero attached hydrogens (tertiary/aromatic N) is 2. The van der Waals surface area contributed by atoms with Crippen LogP contribution in [0.4, 0.5) is 0 Å². The zero-order valence-corrected chi connectivity index (χ0v) is 17.9. The van der Waals surface area contributed by atoms with Crippen LogP contribution < -0.4 is 10.6 Å². The van der Waals surface area contributed by atoms with Gasteiger partial charge in [-0.3, -0.25) is 19.2 Å². The molecule has 8 nitrogen and oxygen atoms in total. The van der Waals surface area contributed by atoms with Crippen molar-refractivity contribution in [3.63, 3.8) is 0 Å². The first-order chi connectivity index (χ1) is 13.8. The van der Waals surface area contributed by atoms with Crippen LogP contribution in [0.5, 0.6) is 0 Å². The average Bonchev–Trinajstić information content (AvgIpc) is 3.15. The summed E-state index contributed by atoms with van der Waals surface area (Å²) in [6, 6.07) is -0.452. The lowest BCUT2D eigenvalue weighted by Crippen LogP contribution is -2.50. The molecular weight excluding hydrogens is 372 g/mol. The fraction of sp³-hybridized carbons (Fsp3) is 0.714. The number of amides is 4. The van der Waals surface area contributed by atoms with Gasteiger partial charge in [0.1, 0.15) is 6.04 Å². The van der Waals surface area contributed by atoms with E-state index in [9.17, 15) is 19.2 Å². The minimum atomic E-state index is -0.417. The van der Waals surface area contributed by atoms with Gasteiger partial charge in [-0.2, -0.15) is 0 Å². The maximum absolute atomic E-state index is 13.1. The third-order valence-corrected chi connectivity index (χ3v) is 5.89. The standard InChI is InChI=1S/C21H34N4O4/c1-14(2)18(24(4)19(27)12-22-13-26)11-15(3)21(29)25-10-6-9-17(25)20(28)23-16-7-5-8-16/h11,13-14,16-18H,5-10,12H2,1-4H3,(H,22,26)(H,23,28)/t17-,18+/m0/s1. The van der Waals surface area contributed by atoms with Gasteiger partial charge in [0, 0.05) is 25.2 Å². The molecule has 2 aliphatic rings. The molecule has 0 unspecified atom stereocenters. The van der Waals surface area contributed by atoms with E-state index in [2.05, 4.69) is 10.6 Å². The summed E-state index contributed by atoms with van der Waals surface area (Å²) in [5.74, 6) is -0.361. The highest BCUT2D eigenvalue weighted by molar-refractivity contribution is 5.97. The van der Waals surface area contributed by atoms with Gasteiger partial charge in [0.05, 0.1) is 12.6 Å². The summed E-state index contributed by atoms with van der Waals surface area (Å²) in [7, 11) is 1.67. The molecule has 1 saturated carbocycles. The molecule has 8 heteroatoms. The molecule has 4 amide bonds. The molecule has 162 valence electrons. The topological polar surface area (TPSA) is 98.8 Å². The molecule has 0 aromatic rings. The number of carbonyl (C=O) groups is 4. The van der Waals surface area contributed by atoms with Gasteiger partial charge in [-0.1, -0.05) is 19.9 Å². The number of rotatable bonds is 9. The molecule has 0 aromatic heterocycles. The summed E-state index contributed by atoms with van der Waals surface area (Å²) in [5, 5.41) is 5.43. The second-order valence-electron chi connectivity index (χ2n) is 8.38. The average molecular weight is 407 g/mol. The molecule has 0 spiro atoms. The molecule has 1 aliphatic heterocycles. The molecule has 2 N–H and O–H groups in total. The maximum Gasteiger partial charge on any atom is 0.249 e. The van der Waals surface area contributed by atoms with Crippen LogP contribution in [-0.4, -0.2) is 72.2 Å². The van der Waals surface area contributed by atoms with Crippen LogP contribution in [0.25, 0.3) is 0 Å². The van der Waals surface area contributed by atoms with E-state index in [1.807, 2.05) is 13.8 Å². The Kier molecular flexibility index (Phi) is 8.22. The molecule has 1 aliphatic carbocycles. The van der Waals surface area contributed by atoms with Gasteiger partial charge in [-0.15, -0.1) is 0 Å². The molecule has 2 fully saturated rings. The molecule has 1 saturated heterocycles. The van der Waals surface area contributed by atoms with E-state index in [1.165, 1.54) is 0 Å². The fourth-order valence-corrected chi connectivity index (χ4v) is 3.86. The molecular formula is C21H34N4O4. The lowest BCUT2D eigenvalue weighted by Gasteiger charge is -2.32. The Morgan fingerprint density at radius 2 is 1.86 bits per heavy atom. The second kappa shape index (κ2) is 10.4. The summed E-state index contributed by atoms with van der Waals surface area (Å²) in [5.41, 5.74) is 0.523. The second-order valence-corrected chi connectivity index (χ2v) is 8.38. The van der Waals surface area contributed by atoms with Gasteiger partial charge in [0.2, 0.25) is 24.1 Å².